The molecule has 0 spiro atoms. The van der Waals surface area contributed by atoms with Crippen LogP contribution in [0.2, 0.25) is 5.02 Å². The van der Waals surface area contributed by atoms with Gasteiger partial charge in [0.05, 0.1) is 0 Å². The first kappa shape index (κ1) is 8.50. The zero-order valence-electron chi connectivity index (χ0n) is 6.47. The summed E-state index contributed by atoms with van der Waals surface area (Å²) in [4.78, 5) is 4.02. The smallest absolute Gasteiger partial charge is 0.0498 e. The number of nitrogens with zero attached hydrogens (tertiary/aromatic N) is 1. The monoisotopic (exact) mass is 170 g/mol. The van der Waals surface area contributed by atoms with Crippen LogP contribution in [0.4, 0.5) is 0 Å². The van der Waals surface area contributed by atoms with Gasteiger partial charge in [-0.2, -0.15) is 0 Å². The van der Waals surface area contributed by atoms with E-state index in [1.165, 1.54) is 0 Å². The molecule has 1 aromatic rings. The van der Waals surface area contributed by atoms with Crippen LogP contribution in [0, 0.1) is 6.92 Å². The highest BCUT2D eigenvalue weighted by Crippen LogP contribution is 2.18. The molecule has 0 unspecified atom stereocenters. The van der Waals surface area contributed by atoms with Gasteiger partial charge in [0.15, 0.2) is 0 Å². The molecule has 0 radical (unpaired) electrons. The minimum atomic E-state index is 0.616. The fourth-order valence-electron chi connectivity index (χ4n) is 0.935. The molecule has 0 aliphatic carbocycles. The van der Waals surface area contributed by atoms with Gasteiger partial charge >= 0.3 is 0 Å². The quantitative estimate of drug-likeness (QED) is 0.732. The van der Waals surface area contributed by atoms with Crippen molar-refractivity contribution in [3.63, 3.8) is 0 Å². The summed E-state index contributed by atoms with van der Waals surface area (Å²) in [6.07, 6.45) is 4.32. The fraction of sp³-hybridized carbons (Fsp3) is 0.375. The van der Waals surface area contributed by atoms with Crippen LogP contribution >= 0.6 is 11.6 Å². The Morgan fingerprint density at radius 3 is 2.91 bits per heavy atom. The normalized spacial score (nSPS) is 10.1. The molecule has 3 heteroatoms. The van der Waals surface area contributed by atoms with Gasteiger partial charge in [0, 0.05) is 17.4 Å². The molecule has 0 amide bonds. The van der Waals surface area contributed by atoms with Crippen LogP contribution in [0.5, 0.6) is 0 Å². The number of aryl methyl sites for hydroxylation is 1. The van der Waals surface area contributed by atoms with Crippen LogP contribution in [0.15, 0.2) is 12.4 Å². The van der Waals surface area contributed by atoms with Gasteiger partial charge in [-0.05, 0) is 31.0 Å². The Balaban J connectivity index is 2.96. The van der Waals surface area contributed by atoms with Gasteiger partial charge in [0.2, 0.25) is 0 Å². The molecule has 0 atom stereocenters. The maximum absolute atomic E-state index is 5.98. The lowest BCUT2D eigenvalue weighted by Gasteiger charge is -2.02. The Morgan fingerprint density at radius 2 is 2.27 bits per heavy atom. The zero-order chi connectivity index (χ0) is 8.27. The predicted molar refractivity (Wildman–Crippen MR) is 46.7 cm³/mol. The van der Waals surface area contributed by atoms with Gasteiger partial charge in [-0.3, -0.25) is 4.98 Å². The van der Waals surface area contributed by atoms with Gasteiger partial charge in [0.1, 0.15) is 0 Å². The highest BCUT2D eigenvalue weighted by Gasteiger charge is 2.01. The average molecular weight is 171 g/mol. The predicted octanol–water partition coefficient (Wildman–Crippen LogP) is 1.54. The van der Waals surface area contributed by atoms with Crippen molar-refractivity contribution in [3.8, 4) is 0 Å². The first-order valence-corrected chi connectivity index (χ1v) is 3.92. The topological polar surface area (TPSA) is 38.9 Å². The molecule has 0 aliphatic heterocycles. The molecule has 0 bridgehead atoms. The second-order valence-electron chi connectivity index (χ2n) is 2.47. The molecule has 11 heavy (non-hydrogen) atoms. The molecule has 2 nitrogen and oxygen atoms in total. The van der Waals surface area contributed by atoms with Crippen LogP contribution < -0.4 is 5.73 Å². The first-order chi connectivity index (χ1) is 5.25. The Labute approximate surface area is 71.4 Å². The van der Waals surface area contributed by atoms with Crippen LogP contribution in [0.1, 0.15) is 11.1 Å². The number of hydrogen-bond donors (Lipinski definition) is 1. The summed E-state index contributed by atoms with van der Waals surface area (Å²) in [5.41, 5.74) is 7.44. The zero-order valence-corrected chi connectivity index (χ0v) is 7.23. The summed E-state index contributed by atoms with van der Waals surface area (Å²) < 4.78 is 0. The summed E-state index contributed by atoms with van der Waals surface area (Å²) in [7, 11) is 0. The van der Waals surface area contributed by atoms with E-state index < -0.39 is 0 Å². The van der Waals surface area contributed by atoms with Crippen molar-refractivity contribution in [2.45, 2.75) is 13.3 Å². The van der Waals surface area contributed by atoms with E-state index >= 15 is 0 Å². The van der Waals surface area contributed by atoms with E-state index in [4.69, 9.17) is 17.3 Å². The summed E-state index contributed by atoms with van der Waals surface area (Å²) in [5, 5.41) is 0.797. The number of aromatic nitrogens is 1. The Morgan fingerprint density at radius 1 is 1.55 bits per heavy atom. The standard InChI is InChI=1S/C8H11ClN2/c1-6-4-11-5-7(2-3-10)8(6)9/h4-5H,2-3,10H2,1H3. The van der Waals surface area contributed by atoms with Gasteiger partial charge in [0.25, 0.3) is 0 Å². The van der Waals surface area contributed by atoms with Crippen molar-refractivity contribution < 1.29 is 0 Å². The lowest BCUT2D eigenvalue weighted by atomic mass is 10.1. The number of halogens is 1. The minimum absolute atomic E-state index is 0.616. The maximum Gasteiger partial charge on any atom is 0.0498 e. The Kier molecular flexibility index (Phi) is 2.85. The van der Waals surface area contributed by atoms with Gasteiger partial charge in [-0.15, -0.1) is 0 Å². The summed E-state index contributed by atoms with van der Waals surface area (Å²) in [6.45, 7) is 2.56. The third-order valence-corrected chi connectivity index (χ3v) is 2.08. The van der Waals surface area contributed by atoms with E-state index in [2.05, 4.69) is 4.98 Å². The average Bonchev–Trinajstić information content (AvgIpc) is 1.99. The van der Waals surface area contributed by atoms with Gasteiger partial charge in [-0.25, -0.2) is 0 Å². The van der Waals surface area contributed by atoms with E-state index in [0.29, 0.717) is 6.54 Å². The summed E-state index contributed by atoms with van der Waals surface area (Å²) >= 11 is 5.98. The second-order valence-corrected chi connectivity index (χ2v) is 2.85. The minimum Gasteiger partial charge on any atom is -0.330 e. The van der Waals surface area contributed by atoms with E-state index in [1.807, 2.05) is 6.92 Å². The van der Waals surface area contributed by atoms with E-state index in [9.17, 15) is 0 Å². The number of pyridine rings is 1. The van der Waals surface area contributed by atoms with E-state index in [0.717, 1.165) is 22.6 Å². The first-order valence-electron chi connectivity index (χ1n) is 3.54. The molecule has 1 heterocycles. The van der Waals surface area contributed by atoms with Crippen molar-refractivity contribution in [1.82, 2.24) is 4.98 Å². The SMILES string of the molecule is Cc1cncc(CCN)c1Cl. The van der Waals surface area contributed by atoms with E-state index in [-0.39, 0.29) is 0 Å². The highest BCUT2D eigenvalue weighted by atomic mass is 35.5. The molecule has 2 N–H and O–H groups in total. The van der Waals surface area contributed by atoms with Crippen molar-refractivity contribution in [1.29, 1.82) is 0 Å². The summed E-state index contributed by atoms with van der Waals surface area (Å²) in [6, 6.07) is 0. The number of hydrogen-bond acceptors (Lipinski definition) is 2. The van der Waals surface area contributed by atoms with Crippen LogP contribution in [0.3, 0.4) is 0 Å². The molecule has 1 aromatic heterocycles. The Bertz CT molecular complexity index is 248. The molecule has 60 valence electrons. The van der Waals surface area contributed by atoms with Gasteiger partial charge in [-0.1, -0.05) is 11.6 Å². The van der Waals surface area contributed by atoms with Crippen molar-refractivity contribution in [2.75, 3.05) is 6.54 Å². The van der Waals surface area contributed by atoms with E-state index in [1.54, 1.807) is 12.4 Å². The molecule has 0 aliphatic rings. The lowest BCUT2D eigenvalue weighted by Crippen LogP contribution is -2.03. The molecular formula is C8H11ClN2. The lowest BCUT2D eigenvalue weighted by molar-refractivity contribution is 0.955. The maximum atomic E-state index is 5.98. The van der Waals surface area contributed by atoms with Crippen LogP contribution in [0.25, 0.3) is 0 Å². The molecular weight excluding hydrogens is 160 g/mol. The van der Waals surface area contributed by atoms with Crippen molar-refractivity contribution in [2.24, 2.45) is 5.73 Å². The van der Waals surface area contributed by atoms with Crippen molar-refractivity contribution in [3.05, 3.63) is 28.5 Å². The van der Waals surface area contributed by atoms with Crippen molar-refractivity contribution >= 4 is 11.6 Å². The number of rotatable bonds is 2. The molecule has 0 saturated carbocycles. The number of nitrogens with two attached hydrogens (primary N) is 1. The van der Waals surface area contributed by atoms with Gasteiger partial charge < -0.3 is 5.73 Å². The summed E-state index contributed by atoms with van der Waals surface area (Å²) in [5.74, 6) is 0. The fourth-order valence-corrected chi connectivity index (χ4v) is 1.13. The molecule has 1 rings (SSSR count). The van der Waals surface area contributed by atoms with Crippen LogP contribution in [-0.4, -0.2) is 11.5 Å². The third kappa shape index (κ3) is 1.91. The highest BCUT2D eigenvalue weighted by molar-refractivity contribution is 6.32. The molecule has 0 saturated heterocycles. The largest absolute Gasteiger partial charge is 0.330 e. The third-order valence-electron chi connectivity index (χ3n) is 1.54. The van der Waals surface area contributed by atoms with Crippen LogP contribution in [-0.2, 0) is 6.42 Å². The second kappa shape index (κ2) is 3.69. The Hall–Kier alpha value is -0.600. The molecule has 0 fully saturated rings. The molecule has 0 aromatic carbocycles.